The third kappa shape index (κ3) is 2.02. The zero-order chi connectivity index (χ0) is 10.8. The van der Waals surface area contributed by atoms with Crippen molar-refractivity contribution in [1.82, 2.24) is 10.2 Å². The molecule has 5 nitrogen and oxygen atoms in total. The molecule has 1 amide bonds. The number of aromatic nitrogens is 2. The van der Waals surface area contributed by atoms with Crippen LogP contribution in [0, 0.1) is 0 Å². The first-order valence-electron chi connectivity index (χ1n) is 5.23. The van der Waals surface area contributed by atoms with E-state index in [-0.39, 0.29) is 12.3 Å². The van der Waals surface area contributed by atoms with E-state index < -0.39 is 6.10 Å². The van der Waals surface area contributed by atoms with Gasteiger partial charge >= 0.3 is 0 Å². The molecule has 0 bridgehead atoms. The van der Waals surface area contributed by atoms with Crippen molar-refractivity contribution in [3.63, 3.8) is 0 Å². The molecule has 1 aliphatic rings. The Morgan fingerprint density at radius 2 is 2.53 bits per heavy atom. The first-order valence-corrected chi connectivity index (χ1v) is 5.23. The number of nitrogens with zero attached hydrogens (tertiary/aromatic N) is 2. The van der Waals surface area contributed by atoms with E-state index in [9.17, 15) is 9.90 Å². The fourth-order valence-electron chi connectivity index (χ4n) is 1.80. The Morgan fingerprint density at radius 3 is 3.13 bits per heavy atom. The third-order valence-corrected chi connectivity index (χ3v) is 2.52. The topological polar surface area (TPSA) is 69.2 Å². The van der Waals surface area contributed by atoms with Gasteiger partial charge in [0, 0.05) is 11.8 Å². The number of hydrogen-bond acceptors (Lipinski definition) is 3. The van der Waals surface area contributed by atoms with Crippen LogP contribution in [0.1, 0.15) is 25.5 Å². The van der Waals surface area contributed by atoms with Gasteiger partial charge in [-0.2, -0.15) is 5.10 Å². The number of aliphatic hydroxyl groups is 1. The Bertz CT molecular complexity index is 361. The van der Waals surface area contributed by atoms with Crippen LogP contribution < -0.4 is 4.90 Å². The minimum absolute atomic E-state index is 0.0583. The van der Waals surface area contributed by atoms with Crippen LogP contribution in [0.3, 0.4) is 0 Å². The number of carbonyl (C=O) groups is 1. The van der Waals surface area contributed by atoms with E-state index in [1.807, 2.05) is 6.07 Å². The predicted molar refractivity (Wildman–Crippen MR) is 55.6 cm³/mol. The highest BCUT2D eigenvalue weighted by atomic mass is 16.3. The monoisotopic (exact) mass is 209 g/mol. The average Bonchev–Trinajstić information content (AvgIpc) is 2.73. The van der Waals surface area contributed by atoms with Gasteiger partial charge in [-0.15, -0.1) is 0 Å². The third-order valence-electron chi connectivity index (χ3n) is 2.52. The molecule has 1 aromatic heterocycles. The quantitative estimate of drug-likeness (QED) is 0.759. The molecule has 1 fully saturated rings. The number of aliphatic hydroxyl groups excluding tert-OH is 1. The summed E-state index contributed by atoms with van der Waals surface area (Å²) in [5, 5.41) is 16.3. The molecule has 2 N–H and O–H groups in total. The summed E-state index contributed by atoms with van der Waals surface area (Å²) in [5.41, 5.74) is 1.03. The van der Waals surface area contributed by atoms with Gasteiger partial charge in [-0.1, -0.05) is 13.3 Å². The first kappa shape index (κ1) is 10.2. The number of aromatic amines is 1. The van der Waals surface area contributed by atoms with Crippen molar-refractivity contribution in [3.8, 4) is 0 Å². The van der Waals surface area contributed by atoms with Crippen molar-refractivity contribution in [2.75, 3.05) is 11.4 Å². The molecule has 5 heteroatoms. The molecule has 1 aliphatic heterocycles. The normalized spacial score (nSPS) is 21.3. The number of aryl methyl sites for hydroxylation is 1. The summed E-state index contributed by atoms with van der Waals surface area (Å²) >= 11 is 0. The van der Waals surface area contributed by atoms with E-state index in [1.165, 1.54) is 4.90 Å². The summed E-state index contributed by atoms with van der Waals surface area (Å²) in [4.78, 5) is 13.0. The second kappa shape index (κ2) is 4.02. The lowest BCUT2D eigenvalue weighted by atomic mass is 10.2. The Kier molecular flexibility index (Phi) is 2.73. The van der Waals surface area contributed by atoms with Crippen molar-refractivity contribution in [2.24, 2.45) is 0 Å². The summed E-state index contributed by atoms with van der Waals surface area (Å²) in [6.07, 6.45) is 1.62. The highest BCUT2D eigenvalue weighted by Crippen LogP contribution is 2.20. The molecular weight excluding hydrogens is 194 g/mol. The largest absolute Gasteiger partial charge is 0.391 e. The van der Waals surface area contributed by atoms with Crippen LogP contribution >= 0.6 is 0 Å². The minimum Gasteiger partial charge on any atom is -0.391 e. The fraction of sp³-hybridized carbons (Fsp3) is 0.600. The molecule has 15 heavy (non-hydrogen) atoms. The van der Waals surface area contributed by atoms with Crippen molar-refractivity contribution < 1.29 is 9.90 Å². The summed E-state index contributed by atoms with van der Waals surface area (Å²) in [5.74, 6) is 0.567. The average molecular weight is 209 g/mol. The highest BCUT2D eigenvalue weighted by Gasteiger charge is 2.30. The van der Waals surface area contributed by atoms with Crippen molar-refractivity contribution in [3.05, 3.63) is 11.8 Å². The lowest BCUT2D eigenvalue weighted by Gasteiger charge is -2.10. The van der Waals surface area contributed by atoms with E-state index >= 15 is 0 Å². The second-order valence-corrected chi connectivity index (χ2v) is 3.86. The second-order valence-electron chi connectivity index (χ2n) is 3.86. The number of amides is 1. The number of hydrogen-bond donors (Lipinski definition) is 2. The Balaban J connectivity index is 2.12. The van der Waals surface area contributed by atoms with Crippen molar-refractivity contribution >= 4 is 11.7 Å². The molecule has 0 aromatic carbocycles. The van der Waals surface area contributed by atoms with Crippen LogP contribution in [-0.4, -0.2) is 33.9 Å². The van der Waals surface area contributed by atoms with Gasteiger partial charge in [0.25, 0.3) is 0 Å². The number of H-pyrrole nitrogens is 1. The number of anilines is 1. The number of carbonyl (C=O) groups excluding carboxylic acids is 1. The van der Waals surface area contributed by atoms with E-state index in [0.29, 0.717) is 12.4 Å². The smallest absolute Gasteiger partial charge is 0.230 e. The van der Waals surface area contributed by atoms with Gasteiger partial charge < -0.3 is 5.11 Å². The zero-order valence-electron chi connectivity index (χ0n) is 8.73. The molecule has 1 saturated heterocycles. The maximum absolute atomic E-state index is 11.5. The van der Waals surface area contributed by atoms with Crippen LogP contribution in [-0.2, 0) is 11.2 Å². The Hall–Kier alpha value is -1.36. The lowest BCUT2D eigenvalue weighted by molar-refractivity contribution is -0.117. The molecular formula is C10H15N3O2. The Morgan fingerprint density at radius 1 is 1.73 bits per heavy atom. The highest BCUT2D eigenvalue weighted by molar-refractivity contribution is 5.95. The lowest BCUT2D eigenvalue weighted by Crippen LogP contribution is -2.25. The predicted octanol–water partition coefficient (Wildman–Crippen LogP) is 0.460. The summed E-state index contributed by atoms with van der Waals surface area (Å²) in [7, 11) is 0. The fourth-order valence-corrected chi connectivity index (χ4v) is 1.80. The summed E-state index contributed by atoms with van der Waals surface area (Å²) in [6, 6.07) is 1.87. The van der Waals surface area contributed by atoms with Gasteiger partial charge in [0.05, 0.1) is 19.1 Å². The van der Waals surface area contributed by atoms with Gasteiger partial charge in [-0.3, -0.25) is 14.8 Å². The number of rotatable bonds is 3. The van der Waals surface area contributed by atoms with Gasteiger partial charge in [0.2, 0.25) is 5.91 Å². The van der Waals surface area contributed by atoms with Gasteiger partial charge in [0.15, 0.2) is 5.82 Å². The molecule has 0 aliphatic carbocycles. The molecule has 0 spiro atoms. The molecule has 2 heterocycles. The van der Waals surface area contributed by atoms with Crippen LogP contribution in [0.5, 0.6) is 0 Å². The molecule has 1 aromatic rings. The van der Waals surface area contributed by atoms with E-state index in [0.717, 1.165) is 18.5 Å². The standard InChI is InChI=1S/C10H15N3O2/c1-2-3-7-4-9(12-11-7)13-6-8(14)5-10(13)15/h4,8,14H,2-3,5-6H2,1H3,(H,11,12). The number of nitrogens with one attached hydrogen (secondary N) is 1. The maximum atomic E-state index is 11.5. The van der Waals surface area contributed by atoms with Crippen molar-refractivity contribution in [1.29, 1.82) is 0 Å². The van der Waals surface area contributed by atoms with E-state index in [1.54, 1.807) is 0 Å². The van der Waals surface area contributed by atoms with Crippen LogP contribution in [0.15, 0.2) is 6.07 Å². The molecule has 0 radical (unpaired) electrons. The first-order chi connectivity index (χ1) is 7.20. The van der Waals surface area contributed by atoms with E-state index in [4.69, 9.17) is 0 Å². The van der Waals surface area contributed by atoms with Crippen LogP contribution in [0.4, 0.5) is 5.82 Å². The molecule has 2 rings (SSSR count). The summed E-state index contributed by atoms with van der Waals surface area (Å²) < 4.78 is 0. The molecule has 1 atom stereocenters. The molecule has 0 saturated carbocycles. The van der Waals surface area contributed by atoms with Gasteiger partial charge in [-0.25, -0.2) is 0 Å². The van der Waals surface area contributed by atoms with Crippen LogP contribution in [0.25, 0.3) is 0 Å². The van der Waals surface area contributed by atoms with Crippen molar-refractivity contribution in [2.45, 2.75) is 32.3 Å². The Labute approximate surface area is 88.1 Å². The minimum atomic E-state index is -0.552. The summed E-state index contributed by atoms with van der Waals surface area (Å²) in [6.45, 7) is 2.44. The maximum Gasteiger partial charge on any atom is 0.230 e. The zero-order valence-corrected chi connectivity index (χ0v) is 8.73. The molecule has 82 valence electrons. The number of β-amino-alcohol motifs (C(OH)–C–C–N with tert-alkyl or cyclic N) is 1. The SMILES string of the molecule is CCCc1cc(N2CC(O)CC2=O)n[nH]1. The van der Waals surface area contributed by atoms with Gasteiger partial charge in [0.1, 0.15) is 0 Å². The molecule has 1 unspecified atom stereocenters. The van der Waals surface area contributed by atoms with Gasteiger partial charge in [-0.05, 0) is 6.42 Å². The van der Waals surface area contributed by atoms with Crippen LogP contribution in [0.2, 0.25) is 0 Å². The van der Waals surface area contributed by atoms with E-state index in [2.05, 4.69) is 17.1 Å².